The molecule has 0 radical (unpaired) electrons. The maximum atomic E-state index is 12.7. The molecule has 0 atom stereocenters. The Morgan fingerprint density at radius 2 is 1.72 bits per heavy atom. The number of amides is 2. The van der Waals surface area contributed by atoms with Crippen LogP contribution in [-0.4, -0.2) is 44.7 Å². The van der Waals surface area contributed by atoms with Crippen LogP contribution in [0.15, 0.2) is 42.5 Å². The summed E-state index contributed by atoms with van der Waals surface area (Å²) in [6, 6.07) is 12.4. The molecule has 32 heavy (non-hydrogen) atoms. The molecule has 0 unspecified atom stereocenters. The van der Waals surface area contributed by atoms with Crippen molar-refractivity contribution in [2.24, 2.45) is 0 Å². The Labute approximate surface area is 193 Å². The number of benzene rings is 2. The van der Waals surface area contributed by atoms with Crippen LogP contribution >= 0.6 is 11.6 Å². The fraction of sp³-hybridized carbons (Fsp3) is 0.417. The average molecular weight is 460 g/mol. The average Bonchev–Trinajstić information content (AvgIpc) is 2.80. The van der Waals surface area contributed by atoms with Gasteiger partial charge >= 0.3 is 0 Å². The summed E-state index contributed by atoms with van der Waals surface area (Å²) in [6.45, 7) is 1.03. The molecule has 172 valence electrons. The molecule has 0 bridgehead atoms. The minimum atomic E-state index is -0.207. The lowest BCUT2D eigenvalue weighted by Gasteiger charge is -2.23. The molecule has 7 nitrogen and oxygen atoms in total. The molecule has 3 N–H and O–H groups in total. The number of halogens is 1. The minimum absolute atomic E-state index is 0.0530. The number of hydrogen-bond acceptors (Lipinski definition) is 5. The number of methoxy groups -OCH3 is 1. The van der Waals surface area contributed by atoms with Gasteiger partial charge in [0.25, 0.3) is 5.91 Å². The largest absolute Gasteiger partial charge is 0.491 e. The van der Waals surface area contributed by atoms with Crippen molar-refractivity contribution in [1.29, 1.82) is 0 Å². The van der Waals surface area contributed by atoms with E-state index in [0.29, 0.717) is 40.9 Å². The maximum Gasteiger partial charge on any atom is 0.253 e. The molecule has 3 rings (SSSR count). The molecule has 8 heteroatoms. The third-order valence-electron chi connectivity index (χ3n) is 5.30. The monoisotopic (exact) mass is 459 g/mol. The zero-order valence-electron chi connectivity index (χ0n) is 18.3. The van der Waals surface area contributed by atoms with Crippen molar-refractivity contribution in [1.82, 2.24) is 5.32 Å². The van der Waals surface area contributed by atoms with E-state index in [2.05, 4.69) is 16.0 Å². The quantitative estimate of drug-likeness (QED) is 0.456. The molecule has 0 aliphatic heterocycles. The predicted molar refractivity (Wildman–Crippen MR) is 127 cm³/mol. The minimum Gasteiger partial charge on any atom is -0.491 e. The topological polar surface area (TPSA) is 88.7 Å². The van der Waals surface area contributed by atoms with Crippen LogP contribution in [0.1, 0.15) is 42.5 Å². The van der Waals surface area contributed by atoms with Crippen LogP contribution < -0.4 is 20.7 Å². The molecule has 2 aromatic rings. The summed E-state index contributed by atoms with van der Waals surface area (Å²) >= 11 is 6.25. The molecule has 1 saturated carbocycles. The Kier molecular flexibility index (Phi) is 9.19. The van der Waals surface area contributed by atoms with Gasteiger partial charge < -0.3 is 25.4 Å². The van der Waals surface area contributed by atoms with E-state index in [1.807, 2.05) is 0 Å². The summed E-state index contributed by atoms with van der Waals surface area (Å²) in [7, 11) is 1.62. The Morgan fingerprint density at radius 1 is 1.00 bits per heavy atom. The van der Waals surface area contributed by atoms with Crippen molar-refractivity contribution in [3.63, 3.8) is 0 Å². The van der Waals surface area contributed by atoms with Crippen LogP contribution in [-0.2, 0) is 9.53 Å². The number of ether oxygens (including phenoxy) is 2. The van der Waals surface area contributed by atoms with Crippen molar-refractivity contribution in [3.05, 3.63) is 53.1 Å². The normalized spacial score (nSPS) is 13.9. The summed E-state index contributed by atoms with van der Waals surface area (Å²) < 4.78 is 10.5. The molecular weight excluding hydrogens is 430 g/mol. The van der Waals surface area contributed by atoms with Crippen molar-refractivity contribution in [2.75, 3.05) is 37.5 Å². The zero-order chi connectivity index (χ0) is 22.8. The highest BCUT2D eigenvalue weighted by Crippen LogP contribution is 2.23. The lowest BCUT2D eigenvalue weighted by Crippen LogP contribution is -2.36. The van der Waals surface area contributed by atoms with Crippen LogP contribution in [0.4, 0.5) is 11.4 Å². The first kappa shape index (κ1) is 23.9. The van der Waals surface area contributed by atoms with Crippen molar-refractivity contribution < 1.29 is 19.1 Å². The highest BCUT2D eigenvalue weighted by Gasteiger charge is 2.18. The van der Waals surface area contributed by atoms with E-state index in [1.165, 1.54) is 6.42 Å². The predicted octanol–water partition coefficient (Wildman–Crippen LogP) is 4.48. The second-order valence-electron chi connectivity index (χ2n) is 7.77. The number of carbonyl (C=O) groups excluding carboxylic acids is 2. The van der Waals surface area contributed by atoms with Crippen molar-refractivity contribution in [2.45, 2.75) is 38.1 Å². The summed E-state index contributed by atoms with van der Waals surface area (Å²) in [5, 5.41) is 9.33. The number of hydrogen-bond donors (Lipinski definition) is 3. The lowest BCUT2D eigenvalue weighted by molar-refractivity contribution is -0.114. The van der Waals surface area contributed by atoms with E-state index >= 15 is 0 Å². The molecule has 1 aliphatic rings. The lowest BCUT2D eigenvalue weighted by atomic mass is 9.95. The first-order valence-corrected chi connectivity index (χ1v) is 11.3. The molecule has 0 aromatic heterocycles. The van der Waals surface area contributed by atoms with Gasteiger partial charge in [-0.1, -0.05) is 30.9 Å². The second kappa shape index (κ2) is 12.3. The van der Waals surface area contributed by atoms with E-state index < -0.39 is 0 Å². The molecule has 1 aliphatic carbocycles. The van der Waals surface area contributed by atoms with E-state index in [-0.39, 0.29) is 24.4 Å². The SMILES string of the molecule is COCCOc1ccc(NC(=O)CNc2ccc(Cl)c(C(=O)NC3CCCCC3)c2)cc1. The van der Waals surface area contributed by atoms with Gasteiger partial charge in [0.2, 0.25) is 5.91 Å². The summed E-state index contributed by atoms with van der Waals surface area (Å²) in [5.74, 6) is 0.322. The zero-order valence-corrected chi connectivity index (χ0v) is 19.0. The Balaban J connectivity index is 1.49. The number of anilines is 2. The van der Waals surface area contributed by atoms with Crippen LogP contribution in [0.3, 0.4) is 0 Å². The van der Waals surface area contributed by atoms with Gasteiger partial charge in [0.05, 0.1) is 23.7 Å². The maximum absolute atomic E-state index is 12.7. The standard InChI is InChI=1S/C24H30ClN3O4/c1-31-13-14-32-20-10-7-18(8-11-20)27-23(29)16-26-19-9-12-22(25)21(15-19)24(30)28-17-5-3-2-4-6-17/h7-12,15,17,26H,2-6,13-14,16H2,1H3,(H,27,29)(H,28,30). The van der Waals surface area contributed by atoms with Gasteiger partial charge in [0.15, 0.2) is 0 Å². The van der Waals surface area contributed by atoms with Crippen LogP contribution in [0.5, 0.6) is 5.75 Å². The van der Waals surface area contributed by atoms with E-state index in [9.17, 15) is 9.59 Å². The molecule has 0 heterocycles. The third-order valence-corrected chi connectivity index (χ3v) is 5.63. The summed E-state index contributed by atoms with van der Waals surface area (Å²) in [4.78, 5) is 25.0. The van der Waals surface area contributed by atoms with Crippen LogP contribution in [0.2, 0.25) is 5.02 Å². The first-order chi connectivity index (χ1) is 15.5. The number of nitrogens with one attached hydrogen (secondary N) is 3. The Bertz CT molecular complexity index is 899. The van der Waals surface area contributed by atoms with Gasteiger partial charge in [-0.25, -0.2) is 0 Å². The Hall–Kier alpha value is -2.77. The van der Waals surface area contributed by atoms with Gasteiger partial charge in [-0.3, -0.25) is 9.59 Å². The van der Waals surface area contributed by atoms with Gasteiger partial charge in [-0.2, -0.15) is 0 Å². The van der Waals surface area contributed by atoms with Gasteiger partial charge in [-0.05, 0) is 55.3 Å². The van der Waals surface area contributed by atoms with Gasteiger partial charge in [0, 0.05) is 24.5 Å². The molecule has 0 spiro atoms. The smallest absolute Gasteiger partial charge is 0.253 e. The number of carbonyl (C=O) groups is 2. The van der Waals surface area contributed by atoms with Gasteiger partial charge in [0.1, 0.15) is 12.4 Å². The first-order valence-electron chi connectivity index (χ1n) is 10.9. The second-order valence-corrected chi connectivity index (χ2v) is 8.18. The highest BCUT2D eigenvalue weighted by molar-refractivity contribution is 6.34. The molecule has 2 amide bonds. The molecule has 0 saturated heterocycles. The van der Waals surface area contributed by atoms with E-state index in [0.717, 1.165) is 25.7 Å². The fourth-order valence-corrected chi connectivity index (χ4v) is 3.79. The van der Waals surface area contributed by atoms with Crippen molar-refractivity contribution >= 4 is 34.8 Å². The summed E-state index contributed by atoms with van der Waals surface area (Å²) in [6.07, 6.45) is 5.50. The van der Waals surface area contributed by atoms with Crippen molar-refractivity contribution in [3.8, 4) is 5.75 Å². The number of rotatable bonds is 10. The van der Waals surface area contributed by atoms with Crippen LogP contribution in [0.25, 0.3) is 0 Å². The summed E-state index contributed by atoms with van der Waals surface area (Å²) in [5.41, 5.74) is 1.73. The van der Waals surface area contributed by atoms with Crippen LogP contribution in [0, 0.1) is 0 Å². The van der Waals surface area contributed by atoms with E-state index in [4.69, 9.17) is 21.1 Å². The molecule has 1 fully saturated rings. The van der Waals surface area contributed by atoms with E-state index in [1.54, 1.807) is 49.6 Å². The Morgan fingerprint density at radius 3 is 2.44 bits per heavy atom. The third kappa shape index (κ3) is 7.43. The highest BCUT2D eigenvalue weighted by atomic mass is 35.5. The van der Waals surface area contributed by atoms with Gasteiger partial charge in [-0.15, -0.1) is 0 Å². The fourth-order valence-electron chi connectivity index (χ4n) is 3.58. The molecular formula is C24H30ClN3O4. The molecule has 2 aromatic carbocycles.